The average molecular weight is 164 g/mol. The maximum atomic E-state index is 5.32. The smallest absolute Gasteiger partial charge is 0.0102 e. The van der Waals surface area contributed by atoms with Gasteiger partial charge >= 0.3 is 0 Å². The van der Waals surface area contributed by atoms with Crippen LogP contribution in [0.15, 0.2) is 0 Å². The molecule has 0 bridgehead atoms. The molecule has 0 unspecified atom stereocenters. The first-order chi connectivity index (χ1) is 3.81. The van der Waals surface area contributed by atoms with E-state index in [9.17, 15) is 0 Å². The second-order valence-corrected chi connectivity index (χ2v) is 2.09. The maximum absolute atomic E-state index is 5.32. The van der Waals surface area contributed by atoms with Crippen LogP contribution < -0.4 is 5.73 Å². The molecule has 0 aromatic carbocycles. The monoisotopic (exact) mass is 164 g/mol. The summed E-state index contributed by atoms with van der Waals surface area (Å²) in [6.45, 7) is 5.13. The van der Waals surface area contributed by atoms with Crippen LogP contribution in [-0.4, -0.2) is 31.6 Å². The van der Waals surface area contributed by atoms with Gasteiger partial charge in [0.15, 0.2) is 0 Å². The van der Waals surface area contributed by atoms with E-state index < -0.39 is 0 Å². The van der Waals surface area contributed by atoms with Crippen molar-refractivity contribution in [2.45, 2.75) is 35.6 Å². The van der Waals surface area contributed by atoms with Crippen LogP contribution >= 0.6 is 0 Å². The second-order valence-electron chi connectivity index (χ2n) is 2.09. The lowest BCUT2D eigenvalue weighted by molar-refractivity contribution is 0.344. The van der Waals surface area contributed by atoms with Gasteiger partial charge < -0.3 is 10.6 Å². The van der Waals surface area contributed by atoms with E-state index in [0.717, 1.165) is 19.6 Å². The van der Waals surface area contributed by atoms with Crippen LogP contribution in [0.5, 0.6) is 0 Å². The summed E-state index contributed by atoms with van der Waals surface area (Å²) in [7, 11) is 2.09. The molecule has 0 spiro atoms. The highest BCUT2D eigenvalue weighted by Crippen LogP contribution is 1.82. The Morgan fingerprint density at radius 3 is 1.82 bits per heavy atom. The zero-order valence-electron chi connectivity index (χ0n) is 5.85. The van der Waals surface area contributed by atoms with E-state index in [2.05, 4.69) is 18.9 Å². The molecule has 0 heterocycles. The minimum atomic E-state index is 0. The number of likely N-dealkylation sites (N-methyl/N-ethyl adjacent to an activating group) is 1. The Labute approximate surface area is 73.8 Å². The lowest BCUT2D eigenvalue weighted by Crippen LogP contribution is -2.25. The van der Waals surface area contributed by atoms with Gasteiger partial charge in [-0.05, 0) is 20.0 Å². The van der Waals surface area contributed by atoms with E-state index >= 15 is 0 Å². The van der Waals surface area contributed by atoms with E-state index in [1.807, 2.05) is 0 Å². The minimum Gasteiger partial charge on any atom is -0.329 e. The Hall–Kier alpha value is -0.0800. The van der Waals surface area contributed by atoms with Crippen molar-refractivity contribution in [2.24, 2.45) is 5.73 Å². The molecule has 0 radical (unpaired) electrons. The molecule has 0 fully saturated rings. The summed E-state index contributed by atoms with van der Waals surface area (Å²) in [6.07, 6.45) is 1.22. The summed E-state index contributed by atoms with van der Waals surface area (Å²) in [5.41, 5.74) is 5.32. The van der Waals surface area contributed by atoms with Crippen LogP contribution in [0.3, 0.4) is 0 Å². The average Bonchev–Trinajstić information content (AvgIpc) is 1.68. The third kappa shape index (κ3) is 17.8. The summed E-state index contributed by atoms with van der Waals surface area (Å²) in [5.74, 6) is 0. The lowest BCUT2D eigenvalue weighted by atomic mass is 10.4. The molecular formula is C9H28N2. The maximum Gasteiger partial charge on any atom is 0.0102 e. The van der Waals surface area contributed by atoms with Crippen LogP contribution in [0.4, 0.5) is 0 Å². The molecule has 0 atom stereocenters. The third-order valence-corrected chi connectivity index (χ3v) is 1.12. The van der Waals surface area contributed by atoms with Gasteiger partial charge in [0.1, 0.15) is 0 Å². The van der Waals surface area contributed by atoms with E-state index in [1.165, 1.54) is 6.42 Å². The van der Waals surface area contributed by atoms with E-state index in [-0.39, 0.29) is 22.3 Å². The van der Waals surface area contributed by atoms with Crippen LogP contribution in [0.25, 0.3) is 0 Å². The fourth-order valence-electron chi connectivity index (χ4n) is 0.714. The molecule has 0 aliphatic heterocycles. The quantitative estimate of drug-likeness (QED) is 0.690. The molecule has 2 N–H and O–H groups in total. The van der Waals surface area contributed by atoms with Crippen molar-refractivity contribution < 1.29 is 0 Å². The van der Waals surface area contributed by atoms with Gasteiger partial charge in [-0.15, -0.1) is 0 Å². The van der Waals surface area contributed by atoms with Crippen molar-refractivity contribution >= 4 is 0 Å². The van der Waals surface area contributed by atoms with Crippen molar-refractivity contribution in [3.63, 3.8) is 0 Å². The summed E-state index contributed by atoms with van der Waals surface area (Å²) in [5, 5.41) is 0. The zero-order chi connectivity index (χ0) is 6.41. The molecule has 0 amide bonds. The Kier molecular flexibility index (Phi) is 33.6. The van der Waals surface area contributed by atoms with Gasteiger partial charge in [-0.2, -0.15) is 0 Å². The first-order valence-corrected chi connectivity index (χ1v) is 3.20. The Balaban J connectivity index is -0.0000000817. The molecule has 0 saturated carbocycles. The molecule has 2 heteroatoms. The van der Waals surface area contributed by atoms with Gasteiger partial charge in [0.05, 0.1) is 0 Å². The van der Waals surface area contributed by atoms with Crippen molar-refractivity contribution in [1.82, 2.24) is 4.90 Å². The van der Waals surface area contributed by atoms with Crippen LogP contribution in [0.1, 0.15) is 35.6 Å². The molecule has 11 heavy (non-hydrogen) atoms. The molecule has 0 aromatic rings. The first kappa shape index (κ1) is 22.4. The molecule has 0 aromatic heterocycles. The van der Waals surface area contributed by atoms with Crippen molar-refractivity contribution in [3.8, 4) is 0 Å². The molecule has 0 rings (SSSR count). The molecule has 0 aliphatic carbocycles. The molecular weight excluding hydrogens is 136 g/mol. The van der Waals surface area contributed by atoms with Gasteiger partial charge in [-0.25, -0.2) is 0 Å². The predicted molar refractivity (Wildman–Crippen MR) is 57.0 cm³/mol. The molecule has 0 saturated heterocycles. The van der Waals surface area contributed by atoms with Crippen LogP contribution in [0.2, 0.25) is 0 Å². The normalized spacial score (nSPS) is 7.64. The third-order valence-electron chi connectivity index (χ3n) is 1.12. The fourth-order valence-corrected chi connectivity index (χ4v) is 0.714. The Bertz CT molecular complexity index is 40.8. The van der Waals surface area contributed by atoms with Crippen LogP contribution in [-0.2, 0) is 0 Å². The summed E-state index contributed by atoms with van der Waals surface area (Å²) >= 11 is 0. The highest BCUT2D eigenvalue weighted by Gasteiger charge is 1.90. The SMILES string of the molecule is C.C.C.CCCN(C)CCN. The summed E-state index contributed by atoms with van der Waals surface area (Å²) in [6, 6.07) is 0. The summed E-state index contributed by atoms with van der Waals surface area (Å²) in [4.78, 5) is 2.24. The molecule has 2 nitrogen and oxygen atoms in total. The predicted octanol–water partition coefficient (Wildman–Crippen LogP) is 2.20. The van der Waals surface area contributed by atoms with Crippen molar-refractivity contribution in [1.29, 1.82) is 0 Å². The highest BCUT2D eigenvalue weighted by molar-refractivity contribution is 4.47. The van der Waals surface area contributed by atoms with Gasteiger partial charge in [0.25, 0.3) is 0 Å². The summed E-state index contributed by atoms with van der Waals surface area (Å²) < 4.78 is 0. The molecule has 0 aliphatic rings. The van der Waals surface area contributed by atoms with Gasteiger partial charge in [-0.3, -0.25) is 0 Å². The fraction of sp³-hybridized carbons (Fsp3) is 1.00. The Morgan fingerprint density at radius 2 is 1.55 bits per heavy atom. The van der Waals surface area contributed by atoms with E-state index in [0.29, 0.717) is 0 Å². The van der Waals surface area contributed by atoms with Crippen LogP contribution in [0, 0.1) is 0 Å². The molecule has 74 valence electrons. The standard InChI is InChI=1S/C6H16N2.3CH4/c1-3-5-8(2)6-4-7;;;/h3-7H2,1-2H3;3*1H4. The number of rotatable bonds is 4. The largest absolute Gasteiger partial charge is 0.329 e. The number of nitrogens with zero attached hydrogens (tertiary/aromatic N) is 1. The number of hydrogen-bond donors (Lipinski definition) is 1. The zero-order valence-corrected chi connectivity index (χ0v) is 5.85. The second kappa shape index (κ2) is 16.5. The highest BCUT2D eigenvalue weighted by atomic mass is 15.1. The van der Waals surface area contributed by atoms with Gasteiger partial charge in [0, 0.05) is 13.1 Å². The van der Waals surface area contributed by atoms with Gasteiger partial charge in [-0.1, -0.05) is 29.2 Å². The topological polar surface area (TPSA) is 29.3 Å². The van der Waals surface area contributed by atoms with E-state index in [1.54, 1.807) is 0 Å². The van der Waals surface area contributed by atoms with Crippen molar-refractivity contribution in [2.75, 3.05) is 26.7 Å². The van der Waals surface area contributed by atoms with E-state index in [4.69, 9.17) is 5.73 Å². The lowest BCUT2D eigenvalue weighted by Gasteiger charge is -2.12. The van der Waals surface area contributed by atoms with Gasteiger partial charge in [0.2, 0.25) is 0 Å². The number of nitrogens with two attached hydrogens (primary N) is 1. The number of hydrogen-bond acceptors (Lipinski definition) is 2. The Morgan fingerprint density at radius 1 is 1.09 bits per heavy atom. The van der Waals surface area contributed by atoms with Crippen molar-refractivity contribution in [3.05, 3.63) is 0 Å². The first-order valence-electron chi connectivity index (χ1n) is 3.20. The minimum absolute atomic E-state index is 0.